The molecule has 1 aromatic rings. The van der Waals surface area contributed by atoms with Crippen molar-refractivity contribution in [3.8, 4) is 0 Å². The molecule has 1 aromatic carbocycles. The van der Waals surface area contributed by atoms with Gasteiger partial charge in [-0.15, -0.1) is 0 Å². The molecule has 0 aliphatic heterocycles. The summed E-state index contributed by atoms with van der Waals surface area (Å²) < 4.78 is 5.42. The van der Waals surface area contributed by atoms with E-state index < -0.39 is 23.8 Å². The van der Waals surface area contributed by atoms with Crippen LogP contribution in [0.3, 0.4) is 0 Å². The molecule has 0 aromatic heterocycles. The van der Waals surface area contributed by atoms with E-state index in [2.05, 4.69) is 17.6 Å². The Morgan fingerprint density at radius 2 is 1.64 bits per heavy atom. The van der Waals surface area contributed by atoms with Crippen molar-refractivity contribution in [3.05, 3.63) is 35.9 Å². The van der Waals surface area contributed by atoms with E-state index in [-0.39, 0.29) is 35.7 Å². The molecule has 4 atom stereocenters. The Morgan fingerprint density at radius 3 is 2.09 bits per heavy atom. The van der Waals surface area contributed by atoms with Crippen LogP contribution in [0.25, 0.3) is 0 Å². The zero-order valence-corrected chi connectivity index (χ0v) is 21.3. The summed E-state index contributed by atoms with van der Waals surface area (Å²) in [6.07, 6.45) is 0.640. The van der Waals surface area contributed by atoms with Gasteiger partial charge in [-0.25, -0.2) is 4.79 Å². The lowest BCUT2D eigenvalue weighted by Crippen LogP contribution is -2.54. The summed E-state index contributed by atoms with van der Waals surface area (Å²) >= 11 is 0. The zero-order chi connectivity index (χ0) is 24.9. The van der Waals surface area contributed by atoms with Gasteiger partial charge in [-0.1, -0.05) is 51.1 Å². The second-order valence-electron chi connectivity index (χ2n) is 10.8. The fraction of sp³-hybridized carbons (Fsp3) is 0.654. The molecule has 7 nitrogen and oxygen atoms in total. The minimum absolute atomic E-state index is 0.0595. The lowest BCUT2D eigenvalue weighted by atomic mass is 9.98. The highest BCUT2D eigenvalue weighted by Gasteiger charge is 2.48. The van der Waals surface area contributed by atoms with Crippen LogP contribution in [0.1, 0.15) is 79.8 Å². The molecule has 1 aliphatic rings. The average molecular weight is 460 g/mol. The second-order valence-corrected chi connectivity index (χ2v) is 10.8. The molecule has 2 rings (SSSR count). The van der Waals surface area contributed by atoms with Gasteiger partial charge in [0.15, 0.2) is 0 Å². The Morgan fingerprint density at radius 1 is 1.06 bits per heavy atom. The van der Waals surface area contributed by atoms with Gasteiger partial charge in [0.1, 0.15) is 17.7 Å². The van der Waals surface area contributed by atoms with Crippen LogP contribution in [0.15, 0.2) is 30.3 Å². The highest BCUT2D eigenvalue weighted by atomic mass is 16.6. The highest BCUT2D eigenvalue weighted by Crippen LogP contribution is 2.41. The van der Waals surface area contributed by atoms with E-state index >= 15 is 0 Å². The number of alkyl carbamates (subject to hydrolysis) is 1. The topological polar surface area (TPSA) is 87.7 Å². The van der Waals surface area contributed by atoms with Crippen LogP contribution in [0.2, 0.25) is 0 Å². The predicted molar refractivity (Wildman–Crippen MR) is 129 cm³/mol. The van der Waals surface area contributed by atoms with Crippen molar-refractivity contribution >= 4 is 17.9 Å². The number of carbonyl (C=O) groups excluding carboxylic acids is 3. The van der Waals surface area contributed by atoms with E-state index in [9.17, 15) is 14.4 Å². The maximum absolute atomic E-state index is 14.0. The summed E-state index contributed by atoms with van der Waals surface area (Å²) in [5, 5.41) is 5.77. The smallest absolute Gasteiger partial charge is 0.408 e. The molecule has 0 saturated heterocycles. The van der Waals surface area contributed by atoms with Crippen molar-refractivity contribution in [1.29, 1.82) is 0 Å². The molecule has 1 aliphatic carbocycles. The Bertz CT molecular complexity index is 817. The van der Waals surface area contributed by atoms with E-state index in [1.165, 1.54) is 0 Å². The average Bonchev–Trinajstić information content (AvgIpc) is 3.39. The summed E-state index contributed by atoms with van der Waals surface area (Å²) in [5.41, 5.74) is 0.0767. The summed E-state index contributed by atoms with van der Waals surface area (Å²) in [5.74, 6) is -0.0267. The number of rotatable bonds is 9. The first-order chi connectivity index (χ1) is 15.3. The third-order valence-electron chi connectivity index (χ3n) is 5.45. The van der Waals surface area contributed by atoms with Crippen molar-refractivity contribution in [3.63, 3.8) is 0 Å². The first-order valence-corrected chi connectivity index (χ1v) is 12.0. The van der Waals surface area contributed by atoms with E-state index in [1.807, 2.05) is 58.0 Å². The largest absolute Gasteiger partial charge is 0.444 e. The van der Waals surface area contributed by atoms with E-state index in [0.29, 0.717) is 6.42 Å². The molecule has 0 spiro atoms. The lowest BCUT2D eigenvalue weighted by molar-refractivity contribution is -0.144. The van der Waals surface area contributed by atoms with Gasteiger partial charge >= 0.3 is 6.09 Å². The summed E-state index contributed by atoms with van der Waals surface area (Å²) in [6.45, 7) is 15.2. The van der Waals surface area contributed by atoms with Crippen LogP contribution < -0.4 is 10.6 Å². The standard InChI is InChI=1S/C26H41N3O4/c1-16(2)14-20(28-25(32)33-26(6,7)8)24(31)29(21-15-18(21)5)22(23(30)27-17(3)4)19-12-10-9-11-13-19/h9-13,16-18,20-22H,14-15H2,1-8H3,(H,27,30)(H,28,32). The SMILES string of the molecule is CC(C)CC(NC(=O)OC(C)(C)C)C(=O)N(C(C(=O)NC(C)C)c1ccccc1)C1CC1C. The van der Waals surface area contributed by atoms with Crippen molar-refractivity contribution in [2.24, 2.45) is 11.8 Å². The molecule has 184 valence electrons. The first kappa shape index (κ1) is 26.7. The maximum atomic E-state index is 14.0. The molecular weight excluding hydrogens is 418 g/mol. The molecule has 3 amide bonds. The number of benzene rings is 1. The molecule has 4 unspecified atom stereocenters. The minimum Gasteiger partial charge on any atom is -0.444 e. The third kappa shape index (κ3) is 8.06. The van der Waals surface area contributed by atoms with Crippen molar-refractivity contribution in [1.82, 2.24) is 15.5 Å². The number of amides is 3. The Labute approximate surface area is 198 Å². The number of nitrogens with zero attached hydrogens (tertiary/aromatic N) is 1. The molecule has 0 heterocycles. The number of ether oxygens (including phenoxy) is 1. The van der Waals surface area contributed by atoms with Crippen LogP contribution in [0.5, 0.6) is 0 Å². The highest BCUT2D eigenvalue weighted by molar-refractivity contribution is 5.92. The molecule has 1 saturated carbocycles. The molecule has 2 N–H and O–H groups in total. The number of nitrogens with one attached hydrogen (secondary N) is 2. The van der Waals surface area contributed by atoms with Gasteiger partial charge in [0, 0.05) is 12.1 Å². The monoisotopic (exact) mass is 459 g/mol. The van der Waals surface area contributed by atoms with Crippen molar-refractivity contribution in [2.75, 3.05) is 0 Å². The fourth-order valence-electron chi connectivity index (χ4n) is 3.93. The van der Waals surface area contributed by atoms with Gasteiger partial charge in [-0.05, 0) is 64.9 Å². The molecule has 1 fully saturated rings. The summed E-state index contributed by atoms with van der Waals surface area (Å²) in [7, 11) is 0. The van der Waals surface area contributed by atoms with Gasteiger partial charge in [-0.2, -0.15) is 0 Å². The van der Waals surface area contributed by atoms with Crippen LogP contribution in [-0.2, 0) is 14.3 Å². The zero-order valence-electron chi connectivity index (χ0n) is 21.3. The van der Waals surface area contributed by atoms with Gasteiger partial charge in [-0.3, -0.25) is 9.59 Å². The van der Waals surface area contributed by atoms with Crippen LogP contribution >= 0.6 is 0 Å². The van der Waals surface area contributed by atoms with Crippen molar-refractivity contribution in [2.45, 2.75) is 98.0 Å². The van der Waals surface area contributed by atoms with Crippen molar-refractivity contribution < 1.29 is 19.1 Å². The number of carbonyl (C=O) groups is 3. The van der Waals surface area contributed by atoms with Gasteiger partial charge in [0.05, 0.1) is 0 Å². The van der Waals surface area contributed by atoms with E-state index in [1.54, 1.807) is 25.7 Å². The first-order valence-electron chi connectivity index (χ1n) is 12.0. The van der Waals surface area contributed by atoms with E-state index in [4.69, 9.17) is 4.74 Å². The Balaban J connectivity index is 2.43. The molecule has 33 heavy (non-hydrogen) atoms. The predicted octanol–water partition coefficient (Wildman–Crippen LogP) is 4.43. The van der Waals surface area contributed by atoms with Crippen LogP contribution in [-0.4, -0.2) is 46.5 Å². The maximum Gasteiger partial charge on any atom is 0.408 e. The minimum atomic E-state index is -0.786. The Hall–Kier alpha value is -2.57. The number of hydrogen-bond acceptors (Lipinski definition) is 4. The van der Waals surface area contributed by atoms with Gasteiger partial charge in [0.2, 0.25) is 11.8 Å². The summed E-state index contributed by atoms with van der Waals surface area (Å²) in [6, 6.07) is 7.69. The number of hydrogen-bond donors (Lipinski definition) is 2. The Kier molecular flexibility index (Phi) is 8.92. The molecule has 0 radical (unpaired) electrons. The normalized spacial score (nSPS) is 19.6. The second kappa shape index (κ2) is 11.0. The van der Waals surface area contributed by atoms with E-state index in [0.717, 1.165) is 12.0 Å². The quantitative estimate of drug-likeness (QED) is 0.572. The third-order valence-corrected chi connectivity index (χ3v) is 5.45. The van der Waals surface area contributed by atoms with Gasteiger partial charge in [0.25, 0.3) is 0 Å². The summed E-state index contributed by atoms with van der Waals surface area (Å²) in [4.78, 5) is 41.6. The van der Waals surface area contributed by atoms with Crippen LogP contribution in [0, 0.1) is 11.8 Å². The molecule has 0 bridgehead atoms. The molecular formula is C26H41N3O4. The fourth-order valence-corrected chi connectivity index (χ4v) is 3.93. The van der Waals surface area contributed by atoms with Crippen LogP contribution in [0.4, 0.5) is 4.79 Å². The molecule has 7 heteroatoms. The lowest BCUT2D eigenvalue weighted by Gasteiger charge is -2.35. The van der Waals surface area contributed by atoms with Gasteiger partial charge < -0.3 is 20.3 Å².